The fourth-order valence-corrected chi connectivity index (χ4v) is 3.10. The normalized spacial score (nSPS) is 12.7. The molecule has 0 aliphatic rings. The maximum Gasteiger partial charge on any atom is 0.339 e. The maximum atomic E-state index is 11.5. The molecule has 0 saturated heterocycles. The van der Waals surface area contributed by atoms with E-state index in [0.717, 1.165) is 20.7 Å². The molecule has 2 aromatic rings. The van der Waals surface area contributed by atoms with Crippen LogP contribution in [0, 0.1) is 20.8 Å². The molecule has 1 atom stereocenters. The summed E-state index contributed by atoms with van der Waals surface area (Å²) in [6.45, 7) is 5.70. The van der Waals surface area contributed by atoms with Crippen LogP contribution >= 0.6 is 11.3 Å². The second-order valence-corrected chi connectivity index (χ2v) is 5.47. The predicted molar refractivity (Wildman–Crippen MR) is 70.8 cm³/mol. The number of hydrogen-bond acceptors (Lipinski definition) is 5. The molecule has 0 radical (unpaired) electrons. The fourth-order valence-electron chi connectivity index (χ4n) is 2.12. The van der Waals surface area contributed by atoms with Crippen LogP contribution in [0.2, 0.25) is 0 Å². The van der Waals surface area contributed by atoms with Crippen molar-refractivity contribution in [2.75, 3.05) is 7.11 Å². The van der Waals surface area contributed by atoms with E-state index >= 15 is 0 Å². The number of pyridine rings is 1. The number of methoxy groups -OCH3 is 1. The lowest BCUT2D eigenvalue weighted by molar-refractivity contribution is -0.150. The molecule has 0 saturated carbocycles. The maximum absolute atomic E-state index is 11.5. The zero-order chi connectivity index (χ0) is 13.4. The van der Waals surface area contributed by atoms with Gasteiger partial charge >= 0.3 is 5.97 Å². The van der Waals surface area contributed by atoms with Crippen LogP contribution < -0.4 is 0 Å². The smallest absolute Gasteiger partial charge is 0.339 e. The SMILES string of the molecule is COC(=O)C(O)c1c(C)nc2sc(C)cc2c1C. The van der Waals surface area contributed by atoms with Gasteiger partial charge in [0.05, 0.1) is 7.11 Å². The van der Waals surface area contributed by atoms with E-state index in [1.807, 2.05) is 19.9 Å². The van der Waals surface area contributed by atoms with Crippen LogP contribution in [0.25, 0.3) is 10.2 Å². The first kappa shape index (κ1) is 13.0. The monoisotopic (exact) mass is 265 g/mol. The number of rotatable bonds is 2. The number of aryl methyl sites for hydroxylation is 3. The van der Waals surface area contributed by atoms with Gasteiger partial charge in [-0.05, 0) is 32.4 Å². The van der Waals surface area contributed by atoms with E-state index in [1.54, 1.807) is 18.3 Å². The third-order valence-corrected chi connectivity index (χ3v) is 3.94. The number of hydrogen-bond donors (Lipinski definition) is 1. The molecule has 2 aromatic heterocycles. The van der Waals surface area contributed by atoms with E-state index in [4.69, 9.17) is 0 Å². The minimum Gasteiger partial charge on any atom is -0.467 e. The van der Waals surface area contributed by atoms with E-state index in [0.29, 0.717) is 11.3 Å². The zero-order valence-corrected chi connectivity index (χ0v) is 11.6. The first-order valence-corrected chi connectivity index (χ1v) is 6.40. The largest absolute Gasteiger partial charge is 0.467 e. The quantitative estimate of drug-likeness (QED) is 0.847. The highest BCUT2D eigenvalue weighted by atomic mass is 32.1. The summed E-state index contributed by atoms with van der Waals surface area (Å²) in [5, 5.41) is 11.0. The molecule has 0 bridgehead atoms. The number of ether oxygens (including phenoxy) is 1. The van der Waals surface area contributed by atoms with Crippen molar-refractivity contribution >= 4 is 27.5 Å². The standard InChI is InChI=1S/C13H15NO3S/c1-6-5-9-7(2)10(11(15)13(16)17-4)8(3)14-12(9)18-6/h5,11,15H,1-4H3. The summed E-state index contributed by atoms with van der Waals surface area (Å²) in [5.74, 6) is -0.658. The number of carbonyl (C=O) groups is 1. The molecule has 2 heterocycles. The van der Waals surface area contributed by atoms with E-state index in [1.165, 1.54) is 7.11 Å². The Morgan fingerprint density at radius 1 is 1.44 bits per heavy atom. The number of carbonyl (C=O) groups excluding carboxylic acids is 1. The Kier molecular flexibility index (Phi) is 3.36. The highest BCUT2D eigenvalue weighted by Gasteiger charge is 2.24. The van der Waals surface area contributed by atoms with Crippen molar-refractivity contribution in [3.05, 3.63) is 27.8 Å². The molecule has 0 spiro atoms. The number of aliphatic hydroxyl groups excluding tert-OH is 1. The molecule has 1 N–H and O–H groups in total. The average Bonchev–Trinajstić information content (AvgIpc) is 2.68. The van der Waals surface area contributed by atoms with Gasteiger partial charge in [0.2, 0.25) is 0 Å². The van der Waals surface area contributed by atoms with Crippen molar-refractivity contribution in [2.45, 2.75) is 26.9 Å². The lowest BCUT2D eigenvalue weighted by Gasteiger charge is -2.14. The Hall–Kier alpha value is -1.46. The van der Waals surface area contributed by atoms with Crippen LogP contribution in [0.1, 0.15) is 27.8 Å². The molecule has 0 aliphatic carbocycles. The molecule has 18 heavy (non-hydrogen) atoms. The second kappa shape index (κ2) is 4.66. The molecule has 0 aromatic carbocycles. The number of esters is 1. The minimum absolute atomic E-state index is 0.548. The van der Waals surface area contributed by atoms with Crippen LogP contribution in [-0.2, 0) is 9.53 Å². The number of aromatic nitrogens is 1. The Morgan fingerprint density at radius 2 is 2.11 bits per heavy atom. The van der Waals surface area contributed by atoms with Crippen LogP contribution in [-0.4, -0.2) is 23.2 Å². The minimum atomic E-state index is -1.27. The molecule has 96 valence electrons. The molecule has 0 amide bonds. The Labute approximate surface area is 109 Å². The Balaban J connectivity index is 2.67. The predicted octanol–water partition coefficient (Wildman–Crippen LogP) is 2.43. The third kappa shape index (κ3) is 2.00. The summed E-state index contributed by atoms with van der Waals surface area (Å²) < 4.78 is 4.58. The van der Waals surface area contributed by atoms with Gasteiger partial charge in [0, 0.05) is 21.5 Å². The summed E-state index contributed by atoms with van der Waals surface area (Å²) in [6.07, 6.45) is -1.27. The zero-order valence-electron chi connectivity index (χ0n) is 10.8. The topological polar surface area (TPSA) is 59.4 Å². The van der Waals surface area contributed by atoms with Crippen molar-refractivity contribution in [1.82, 2.24) is 4.98 Å². The Bertz CT molecular complexity index is 618. The summed E-state index contributed by atoms with van der Waals surface area (Å²) >= 11 is 1.61. The van der Waals surface area contributed by atoms with Crippen LogP contribution in [0.15, 0.2) is 6.07 Å². The fraction of sp³-hybridized carbons (Fsp3) is 0.385. The van der Waals surface area contributed by atoms with Gasteiger partial charge in [-0.2, -0.15) is 0 Å². The number of fused-ring (bicyclic) bond motifs is 1. The molecule has 5 heteroatoms. The molecule has 1 unspecified atom stereocenters. The van der Waals surface area contributed by atoms with Gasteiger partial charge in [-0.1, -0.05) is 0 Å². The second-order valence-electron chi connectivity index (χ2n) is 4.24. The molecular weight excluding hydrogens is 250 g/mol. The van der Waals surface area contributed by atoms with Gasteiger partial charge in [-0.15, -0.1) is 11.3 Å². The van der Waals surface area contributed by atoms with Crippen molar-refractivity contribution < 1.29 is 14.6 Å². The summed E-state index contributed by atoms with van der Waals surface area (Å²) in [6, 6.07) is 2.02. The van der Waals surface area contributed by atoms with Gasteiger partial charge in [0.15, 0.2) is 6.10 Å². The summed E-state index contributed by atoms with van der Waals surface area (Å²) in [7, 11) is 1.26. The number of thiophene rings is 1. The average molecular weight is 265 g/mol. The highest BCUT2D eigenvalue weighted by molar-refractivity contribution is 7.18. The Morgan fingerprint density at radius 3 is 2.72 bits per heavy atom. The first-order chi connectivity index (χ1) is 8.45. The van der Waals surface area contributed by atoms with Crippen LogP contribution in [0.5, 0.6) is 0 Å². The van der Waals surface area contributed by atoms with E-state index in [2.05, 4.69) is 9.72 Å². The van der Waals surface area contributed by atoms with Gasteiger partial charge in [-0.25, -0.2) is 9.78 Å². The molecule has 2 rings (SSSR count). The first-order valence-electron chi connectivity index (χ1n) is 5.58. The molecule has 0 fully saturated rings. The van der Waals surface area contributed by atoms with Crippen molar-refractivity contribution in [3.8, 4) is 0 Å². The van der Waals surface area contributed by atoms with E-state index in [-0.39, 0.29) is 0 Å². The van der Waals surface area contributed by atoms with Crippen molar-refractivity contribution in [2.24, 2.45) is 0 Å². The van der Waals surface area contributed by atoms with Crippen LogP contribution in [0.4, 0.5) is 0 Å². The van der Waals surface area contributed by atoms with E-state index < -0.39 is 12.1 Å². The summed E-state index contributed by atoms with van der Waals surface area (Å²) in [5.41, 5.74) is 2.10. The number of aliphatic hydroxyl groups is 1. The van der Waals surface area contributed by atoms with Gasteiger partial charge < -0.3 is 9.84 Å². The molecule has 0 aliphatic heterocycles. The highest BCUT2D eigenvalue weighted by Crippen LogP contribution is 2.32. The van der Waals surface area contributed by atoms with E-state index in [9.17, 15) is 9.90 Å². The third-order valence-electron chi connectivity index (χ3n) is 3.00. The van der Waals surface area contributed by atoms with Crippen molar-refractivity contribution in [1.29, 1.82) is 0 Å². The van der Waals surface area contributed by atoms with Gasteiger partial charge in [-0.3, -0.25) is 0 Å². The van der Waals surface area contributed by atoms with Crippen LogP contribution in [0.3, 0.4) is 0 Å². The lowest BCUT2D eigenvalue weighted by Crippen LogP contribution is -2.16. The molecular formula is C13H15NO3S. The van der Waals surface area contributed by atoms with Crippen molar-refractivity contribution in [3.63, 3.8) is 0 Å². The van der Waals surface area contributed by atoms with Gasteiger partial charge in [0.25, 0.3) is 0 Å². The lowest BCUT2D eigenvalue weighted by atomic mass is 10.00. The summed E-state index contributed by atoms with van der Waals surface area (Å²) in [4.78, 5) is 18.0. The molecule has 4 nitrogen and oxygen atoms in total. The van der Waals surface area contributed by atoms with Gasteiger partial charge in [0.1, 0.15) is 4.83 Å². The number of nitrogens with zero attached hydrogens (tertiary/aromatic N) is 1.